The number of Topliss-reactive ketones (excluding diaryl/α,β-unsaturated/α-hetero) is 1. The number of aromatic hydroxyl groups is 2. The number of fused-ring (bicyclic) bond motifs is 2. The van der Waals surface area contributed by atoms with Crippen LogP contribution in [0.2, 0.25) is 0 Å². The Balaban J connectivity index is 1.44. The summed E-state index contributed by atoms with van der Waals surface area (Å²) in [5, 5.41) is 24.5. The van der Waals surface area contributed by atoms with Gasteiger partial charge in [0.15, 0.2) is 23.0 Å². The number of phenolic OH excluding ortho intramolecular Hbond substituents is 2. The van der Waals surface area contributed by atoms with E-state index in [-0.39, 0.29) is 35.5 Å². The number of phenols is 2. The molecule has 242 valence electrons. The van der Waals surface area contributed by atoms with Gasteiger partial charge in [0.25, 0.3) is 0 Å². The number of hydrogen-bond donors (Lipinski definition) is 3. The molecule has 2 aromatic carbocycles. The molecule has 2 bridgehead atoms. The highest BCUT2D eigenvalue weighted by Crippen LogP contribution is 2.55. The van der Waals surface area contributed by atoms with Gasteiger partial charge in [-0.05, 0) is 121 Å². The lowest BCUT2D eigenvalue weighted by Crippen LogP contribution is -2.33. The van der Waals surface area contributed by atoms with Crippen molar-refractivity contribution in [3.8, 4) is 23.0 Å². The van der Waals surface area contributed by atoms with Gasteiger partial charge in [0.2, 0.25) is 0 Å². The van der Waals surface area contributed by atoms with Gasteiger partial charge in [-0.2, -0.15) is 0 Å². The molecular weight excluding hydrogens is 570 g/mol. The Hall–Kier alpha value is -3.78. The molecule has 0 spiro atoms. The Morgan fingerprint density at radius 1 is 1.04 bits per heavy atom. The summed E-state index contributed by atoms with van der Waals surface area (Å²) in [6.07, 6.45) is 9.78. The maximum Gasteiger partial charge on any atom is 0.302 e. The molecule has 5 unspecified atom stereocenters. The largest absolute Gasteiger partial charge is 0.504 e. The predicted molar refractivity (Wildman–Crippen MR) is 174 cm³/mol. The quantitative estimate of drug-likeness (QED) is 0.163. The normalized spacial score (nSPS) is 22.3. The number of methoxy groups -OCH3 is 2. The number of aryl methyl sites for hydroxylation is 1. The first-order valence-corrected chi connectivity index (χ1v) is 16.3. The zero-order chi connectivity index (χ0) is 32.1. The molecule has 0 aliphatic heterocycles. The molecule has 1 saturated carbocycles. The fourth-order valence-corrected chi connectivity index (χ4v) is 7.70. The molecular formula is C37H47NO7. The van der Waals surface area contributed by atoms with Gasteiger partial charge in [-0.3, -0.25) is 9.59 Å². The average molecular weight is 618 g/mol. The first kappa shape index (κ1) is 32.6. The number of rotatable bonds is 14. The van der Waals surface area contributed by atoms with Crippen LogP contribution in [0, 0.1) is 17.8 Å². The zero-order valence-corrected chi connectivity index (χ0v) is 26.9. The minimum absolute atomic E-state index is 0.0510. The van der Waals surface area contributed by atoms with Crippen LogP contribution in [0.3, 0.4) is 0 Å². The van der Waals surface area contributed by atoms with Crippen molar-refractivity contribution < 1.29 is 34.0 Å². The highest BCUT2D eigenvalue weighted by atomic mass is 16.5. The van der Waals surface area contributed by atoms with Crippen LogP contribution in [0.5, 0.6) is 23.0 Å². The Morgan fingerprint density at radius 2 is 1.82 bits per heavy atom. The van der Waals surface area contributed by atoms with Crippen molar-refractivity contribution in [2.75, 3.05) is 27.3 Å². The van der Waals surface area contributed by atoms with E-state index >= 15 is 0 Å². The molecule has 45 heavy (non-hydrogen) atoms. The van der Waals surface area contributed by atoms with Crippen LogP contribution in [-0.4, -0.2) is 55.4 Å². The van der Waals surface area contributed by atoms with E-state index < -0.39 is 12.1 Å². The van der Waals surface area contributed by atoms with Crippen molar-refractivity contribution in [2.24, 2.45) is 17.8 Å². The lowest BCUT2D eigenvalue weighted by molar-refractivity contribution is -0.147. The SMILES string of the molecule is CCCNCC1=C2C=CC3CCC(C2C3)C(CC(=O)CC(CCc2ccc(O)c(OC)c2)OC(C)=O)c2cc(OC)c(O)cc21. The summed E-state index contributed by atoms with van der Waals surface area (Å²) in [4.78, 5) is 26.0. The standard InChI is InChI=1S/C37H47NO7/c1-5-14-38-21-33-28-12-8-23-7-11-27(29(28)15-23)30(32-20-37(44-4)35(42)19-31(32)33)18-25(40)17-26(45-22(2)39)10-6-24-9-13-34(41)36(16-24)43-3/h8-9,12-13,16,19-20,23,26-27,29-30,38,41-42H,5-7,10-11,14-15,17-18,21H2,1-4H3. The third-order valence-electron chi connectivity index (χ3n) is 9.80. The molecule has 8 nitrogen and oxygen atoms in total. The van der Waals surface area contributed by atoms with Gasteiger partial charge in [0.1, 0.15) is 11.9 Å². The number of esters is 1. The minimum Gasteiger partial charge on any atom is -0.504 e. The van der Waals surface area contributed by atoms with E-state index in [1.165, 1.54) is 25.2 Å². The average Bonchev–Trinajstić information content (AvgIpc) is 3.13. The smallest absolute Gasteiger partial charge is 0.302 e. The Bertz CT molecular complexity index is 1460. The molecule has 3 N–H and O–H groups in total. The first-order chi connectivity index (χ1) is 21.7. The summed E-state index contributed by atoms with van der Waals surface area (Å²) in [5.74, 6) is 1.68. The predicted octanol–water partition coefficient (Wildman–Crippen LogP) is 6.48. The van der Waals surface area contributed by atoms with Gasteiger partial charge in [0.05, 0.1) is 14.2 Å². The van der Waals surface area contributed by atoms with Crippen LogP contribution in [0.25, 0.3) is 5.57 Å². The van der Waals surface area contributed by atoms with E-state index in [2.05, 4.69) is 24.4 Å². The molecule has 0 heterocycles. The van der Waals surface area contributed by atoms with Gasteiger partial charge in [-0.1, -0.05) is 25.1 Å². The third-order valence-corrected chi connectivity index (χ3v) is 9.80. The first-order valence-electron chi connectivity index (χ1n) is 16.3. The van der Waals surface area contributed by atoms with Crippen LogP contribution in [0.4, 0.5) is 0 Å². The zero-order valence-electron chi connectivity index (χ0n) is 26.9. The Kier molecular flexibility index (Phi) is 10.5. The van der Waals surface area contributed by atoms with Gasteiger partial charge < -0.3 is 29.7 Å². The van der Waals surface area contributed by atoms with Gasteiger partial charge >= 0.3 is 5.97 Å². The van der Waals surface area contributed by atoms with Crippen molar-refractivity contribution in [2.45, 2.75) is 77.2 Å². The van der Waals surface area contributed by atoms with E-state index in [0.29, 0.717) is 49.1 Å². The monoisotopic (exact) mass is 617 g/mol. The summed E-state index contributed by atoms with van der Waals surface area (Å²) >= 11 is 0. The summed E-state index contributed by atoms with van der Waals surface area (Å²) < 4.78 is 16.5. The third kappa shape index (κ3) is 7.38. The van der Waals surface area contributed by atoms with Crippen molar-refractivity contribution in [3.63, 3.8) is 0 Å². The van der Waals surface area contributed by atoms with Crippen molar-refractivity contribution in [1.29, 1.82) is 0 Å². The lowest BCUT2D eigenvalue weighted by atomic mass is 9.62. The van der Waals surface area contributed by atoms with Crippen LogP contribution in [0.15, 0.2) is 48.1 Å². The summed E-state index contributed by atoms with van der Waals surface area (Å²) in [6, 6.07) is 8.92. The summed E-state index contributed by atoms with van der Waals surface area (Å²) in [7, 11) is 3.06. The molecule has 0 saturated heterocycles. The minimum atomic E-state index is -0.565. The fourth-order valence-electron chi connectivity index (χ4n) is 7.70. The van der Waals surface area contributed by atoms with Crippen LogP contribution >= 0.6 is 0 Å². The van der Waals surface area contributed by atoms with Gasteiger partial charge in [-0.15, -0.1) is 0 Å². The lowest BCUT2D eigenvalue weighted by Gasteiger charge is -2.42. The second-order valence-corrected chi connectivity index (χ2v) is 12.8. The van der Waals surface area contributed by atoms with Crippen molar-refractivity contribution in [3.05, 3.63) is 64.7 Å². The fraction of sp³-hybridized carbons (Fsp3) is 0.514. The van der Waals surface area contributed by atoms with E-state index in [9.17, 15) is 19.8 Å². The number of hydrogen-bond acceptors (Lipinski definition) is 8. The van der Waals surface area contributed by atoms with E-state index in [4.69, 9.17) is 14.2 Å². The van der Waals surface area contributed by atoms with Crippen molar-refractivity contribution in [1.82, 2.24) is 5.32 Å². The van der Waals surface area contributed by atoms with E-state index in [1.54, 1.807) is 19.2 Å². The number of nitrogens with one attached hydrogen (secondary N) is 1. The Morgan fingerprint density at radius 3 is 2.56 bits per heavy atom. The molecule has 8 heteroatoms. The number of carbonyl (C=O) groups is 2. The highest BCUT2D eigenvalue weighted by Gasteiger charge is 2.43. The highest BCUT2D eigenvalue weighted by molar-refractivity contribution is 5.83. The molecule has 0 radical (unpaired) electrons. The van der Waals surface area contributed by atoms with Crippen LogP contribution < -0.4 is 14.8 Å². The van der Waals surface area contributed by atoms with Gasteiger partial charge in [-0.25, -0.2) is 0 Å². The Labute approximate surface area is 266 Å². The molecule has 2 aromatic rings. The van der Waals surface area contributed by atoms with E-state index in [0.717, 1.165) is 48.9 Å². The van der Waals surface area contributed by atoms with Gasteiger partial charge in [0, 0.05) is 26.3 Å². The molecule has 1 fully saturated rings. The van der Waals surface area contributed by atoms with Crippen molar-refractivity contribution >= 4 is 17.3 Å². The molecule has 3 aliphatic rings. The maximum atomic E-state index is 14.0. The van der Waals surface area contributed by atoms with Crippen LogP contribution in [-0.2, 0) is 20.7 Å². The molecule has 0 aromatic heterocycles. The number of ether oxygens (including phenoxy) is 3. The maximum absolute atomic E-state index is 14.0. The molecule has 5 atom stereocenters. The van der Waals surface area contributed by atoms with E-state index in [1.807, 2.05) is 18.2 Å². The molecule has 0 amide bonds. The molecule has 3 aliphatic carbocycles. The number of carbonyl (C=O) groups excluding carboxylic acids is 2. The summed E-state index contributed by atoms with van der Waals surface area (Å²) in [5.41, 5.74) is 5.47. The topological polar surface area (TPSA) is 114 Å². The number of allylic oxidation sites excluding steroid dienone is 3. The second kappa shape index (κ2) is 14.5. The van der Waals surface area contributed by atoms with Crippen LogP contribution in [0.1, 0.15) is 81.4 Å². The summed E-state index contributed by atoms with van der Waals surface area (Å²) in [6.45, 7) is 5.11. The molecule has 5 rings (SSSR count). The number of ketones is 1. The number of benzene rings is 2. The second-order valence-electron chi connectivity index (χ2n) is 12.8.